The van der Waals surface area contributed by atoms with E-state index in [9.17, 15) is 14.0 Å². The smallest absolute Gasteiger partial charge is 0.328 e. The van der Waals surface area contributed by atoms with Gasteiger partial charge in [0.2, 0.25) is 0 Å². The van der Waals surface area contributed by atoms with E-state index < -0.39 is 23.9 Å². The Morgan fingerprint density at radius 1 is 1.19 bits per heavy atom. The molecule has 2 aromatic rings. The second kappa shape index (κ2) is 8.03. The molecular weight excluding hydrogens is 452 g/mol. The van der Waals surface area contributed by atoms with E-state index in [0.29, 0.717) is 5.56 Å². The first-order valence-corrected chi connectivity index (χ1v) is 9.13. The molecule has 0 saturated carbocycles. The molecule has 0 bridgehead atoms. The molecule has 1 saturated heterocycles. The van der Waals surface area contributed by atoms with Gasteiger partial charge in [0.1, 0.15) is 12.1 Å². The van der Waals surface area contributed by atoms with Crippen LogP contribution in [0.15, 0.2) is 48.5 Å². The average Bonchev–Trinajstić information content (AvgIpc) is 3.06. The zero-order valence-electron chi connectivity index (χ0n) is 14.0. The summed E-state index contributed by atoms with van der Waals surface area (Å²) in [6.45, 7) is 0.179. The largest absolute Gasteiger partial charge is 0.485 e. The van der Waals surface area contributed by atoms with Crippen molar-refractivity contribution in [1.29, 1.82) is 0 Å². The summed E-state index contributed by atoms with van der Waals surface area (Å²) >= 11 is 2.12. The number of rotatable bonds is 4. The van der Waals surface area contributed by atoms with E-state index >= 15 is 0 Å². The molecule has 26 heavy (non-hydrogen) atoms. The van der Waals surface area contributed by atoms with Crippen LogP contribution in [0.25, 0.3) is 0 Å². The molecule has 0 radical (unpaired) electrons. The van der Waals surface area contributed by atoms with Crippen LogP contribution >= 0.6 is 22.6 Å². The lowest BCUT2D eigenvalue weighted by Crippen LogP contribution is -2.41. The summed E-state index contributed by atoms with van der Waals surface area (Å²) in [5.74, 6) is -1.17. The van der Waals surface area contributed by atoms with Crippen molar-refractivity contribution >= 4 is 34.5 Å². The topological polar surface area (TPSA) is 55.8 Å². The van der Waals surface area contributed by atoms with E-state index in [-0.39, 0.29) is 24.6 Å². The van der Waals surface area contributed by atoms with Gasteiger partial charge in [0.25, 0.3) is 5.91 Å². The predicted molar refractivity (Wildman–Crippen MR) is 101 cm³/mol. The summed E-state index contributed by atoms with van der Waals surface area (Å²) in [6.07, 6.45) is -0.251. The van der Waals surface area contributed by atoms with Crippen molar-refractivity contribution in [3.8, 4) is 5.75 Å². The zero-order chi connectivity index (χ0) is 18.7. The highest BCUT2D eigenvalue weighted by molar-refractivity contribution is 14.1. The van der Waals surface area contributed by atoms with Crippen molar-refractivity contribution in [2.45, 2.75) is 18.6 Å². The molecular formula is C19H17FINO4. The number of esters is 1. The first kappa shape index (κ1) is 18.6. The Morgan fingerprint density at radius 3 is 2.65 bits per heavy atom. The van der Waals surface area contributed by atoms with Crippen LogP contribution in [0, 0.1) is 9.39 Å². The first-order chi connectivity index (χ1) is 12.5. The Hall–Kier alpha value is -2.16. The van der Waals surface area contributed by atoms with Gasteiger partial charge in [-0.15, -0.1) is 0 Å². The standard InChI is InChI=1S/C19H17FINO4/c1-25-19(24)16-10-14(26-17-8-3-2-7-15(17)20)11-22(16)18(23)12-5-4-6-13(21)9-12/h2-9,14,16H,10-11H2,1H3. The second-order valence-corrected chi connectivity index (χ2v) is 7.16. The Bertz CT molecular complexity index is 829. The van der Waals surface area contributed by atoms with E-state index in [2.05, 4.69) is 22.6 Å². The third kappa shape index (κ3) is 3.98. The Morgan fingerprint density at radius 2 is 1.96 bits per heavy atom. The molecule has 1 aliphatic heterocycles. The molecule has 0 aromatic heterocycles. The van der Waals surface area contributed by atoms with Crippen molar-refractivity contribution in [1.82, 2.24) is 4.90 Å². The van der Waals surface area contributed by atoms with E-state index in [1.807, 2.05) is 6.07 Å². The van der Waals surface area contributed by atoms with Gasteiger partial charge in [-0.05, 0) is 52.9 Å². The number of hydrogen-bond acceptors (Lipinski definition) is 4. The lowest BCUT2D eigenvalue weighted by atomic mass is 10.1. The maximum atomic E-state index is 13.8. The molecule has 3 rings (SSSR count). The van der Waals surface area contributed by atoms with Crippen LogP contribution in [0.3, 0.4) is 0 Å². The Balaban J connectivity index is 1.82. The molecule has 2 unspecified atom stereocenters. The van der Waals surface area contributed by atoms with Crippen LogP contribution in [0.2, 0.25) is 0 Å². The molecule has 2 atom stereocenters. The molecule has 0 aliphatic carbocycles. The van der Waals surface area contributed by atoms with Gasteiger partial charge in [-0.2, -0.15) is 0 Å². The first-order valence-electron chi connectivity index (χ1n) is 8.05. The molecule has 1 fully saturated rings. The van der Waals surface area contributed by atoms with Crippen LogP contribution < -0.4 is 4.74 Å². The summed E-state index contributed by atoms with van der Waals surface area (Å²) in [5, 5.41) is 0. The summed E-state index contributed by atoms with van der Waals surface area (Å²) < 4.78 is 25.3. The number of para-hydroxylation sites is 1. The van der Waals surface area contributed by atoms with Gasteiger partial charge in [-0.25, -0.2) is 9.18 Å². The number of methoxy groups -OCH3 is 1. The third-order valence-corrected chi connectivity index (χ3v) is 4.87. The van der Waals surface area contributed by atoms with Gasteiger partial charge < -0.3 is 14.4 Å². The molecule has 1 aliphatic rings. The third-order valence-electron chi connectivity index (χ3n) is 4.20. The maximum Gasteiger partial charge on any atom is 0.328 e. The molecule has 136 valence electrons. The van der Waals surface area contributed by atoms with E-state index in [4.69, 9.17) is 9.47 Å². The highest BCUT2D eigenvalue weighted by atomic mass is 127. The average molecular weight is 469 g/mol. The second-order valence-electron chi connectivity index (χ2n) is 5.91. The number of amides is 1. The minimum absolute atomic E-state index is 0.102. The van der Waals surface area contributed by atoms with Gasteiger partial charge in [-0.3, -0.25) is 4.79 Å². The zero-order valence-corrected chi connectivity index (χ0v) is 16.2. The number of ether oxygens (including phenoxy) is 2. The summed E-state index contributed by atoms with van der Waals surface area (Å²) in [7, 11) is 1.28. The van der Waals surface area contributed by atoms with Gasteiger partial charge in [0, 0.05) is 15.6 Å². The molecule has 0 N–H and O–H groups in total. The number of halogens is 2. The Labute approximate surface area is 164 Å². The molecule has 5 nitrogen and oxygen atoms in total. The normalized spacial score (nSPS) is 19.3. The fraction of sp³-hybridized carbons (Fsp3) is 0.263. The highest BCUT2D eigenvalue weighted by Gasteiger charge is 2.42. The molecule has 7 heteroatoms. The van der Waals surface area contributed by atoms with Crippen molar-refractivity contribution in [2.75, 3.05) is 13.7 Å². The monoisotopic (exact) mass is 469 g/mol. The number of benzene rings is 2. The number of carbonyl (C=O) groups excluding carboxylic acids is 2. The fourth-order valence-electron chi connectivity index (χ4n) is 2.97. The van der Waals surface area contributed by atoms with Crippen molar-refractivity contribution < 1.29 is 23.5 Å². The minimum Gasteiger partial charge on any atom is -0.485 e. The lowest BCUT2D eigenvalue weighted by Gasteiger charge is -2.22. The predicted octanol–water partition coefficient (Wildman–Crippen LogP) is 3.27. The highest BCUT2D eigenvalue weighted by Crippen LogP contribution is 2.27. The quantitative estimate of drug-likeness (QED) is 0.510. The van der Waals surface area contributed by atoms with Crippen molar-refractivity contribution in [2.24, 2.45) is 0 Å². The minimum atomic E-state index is -0.762. The number of hydrogen-bond donors (Lipinski definition) is 0. The molecule has 1 heterocycles. The summed E-state index contributed by atoms with van der Waals surface area (Å²) in [6, 6.07) is 12.4. The van der Waals surface area contributed by atoms with Crippen LogP contribution in [-0.4, -0.2) is 42.6 Å². The number of likely N-dealkylation sites (tertiary alicyclic amines) is 1. The van der Waals surface area contributed by atoms with Crippen molar-refractivity contribution in [3.05, 3.63) is 63.5 Å². The Kier molecular flexibility index (Phi) is 5.75. The van der Waals surface area contributed by atoms with Crippen LogP contribution in [0.5, 0.6) is 5.75 Å². The van der Waals surface area contributed by atoms with Crippen LogP contribution in [0.4, 0.5) is 4.39 Å². The fourth-order valence-corrected chi connectivity index (χ4v) is 3.52. The lowest BCUT2D eigenvalue weighted by molar-refractivity contribution is -0.145. The van der Waals surface area contributed by atoms with Gasteiger partial charge in [-0.1, -0.05) is 18.2 Å². The van der Waals surface area contributed by atoms with Crippen LogP contribution in [0.1, 0.15) is 16.8 Å². The van der Waals surface area contributed by atoms with Crippen molar-refractivity contribution in [3.63, 3.8) is 0 Å². The summed E-state index contributed by atoms with van der Waals surface area (Å²) in [5.41, 5.74) is 0.484. The summed E-state index contributed by atoms with van der Waals surface area (Å²) in [4.78, 5) is 26.5. The van der Waals surface area contributed by atoms with E-state index in [1.165, 1.54) is 24.1 Å². The SMILES string of the molecule is COC(=O)C1CC(Oc2ccccc2F)CN1C(=O)c1cccc(I)c1. The maximum absolute atomic E-state index is 13.8. The van der Waals surface area contributed by atoms with Crippen LogP contribution in [-0.2, 0) is 9.53 Å². The van der Waals surface area contributed by atoms with Gasteiger partial charge in [0.15, 0.2) is 11.6 Å². The van der Waals surface area contributed by atoms with E-state index in [0.717, 1.165) is 3.57 Å². The van der Waals surface area contributed by atoms with Gasteiger partial charge >= 0.3 is 5.97 Å². The van der Waals surface area contributed by atoms with Gasteiger partial charge in [0.05, 0.1) is 13.7 Å². The van der Waals surface area contributed by atoms with E-state index in [1.54, 1.807) is 30.3 Å². The number of carbonyl (C=O) groups is 2. The molecule has 1 amide bonds. The molecule has 0 spiro atoms. The number of nitrogens with zero attached hydrogens (tertiary/aromatic N) is 1. The molecule has 2 aromatic carbocycles.